The number of H-pyrrole nitrogens is 1. The molecule has 0 fully saturated rings. The Labute approximate surface area is 190 Å². The van der Waals surface area contributed by atoms with Crippen LogP contribution >= 0.6 is 0 Å². The number of ether oxygens (including phenoxy) is 1. The Bertz CT molecular complexity index is 1260. The number of aromatic amines is 1. The minimum absolute atomic E-state index is 0.279. The highest BCUT2D eigenvalue weighted by Crippen LogP contribution is 2.30. The Morgan fingerprint density at radius 2 is 1.70 bits per heavy atom. The molecule has 33 heavy (non-hydrogen) atoms. The molecule has 2 N–H and O–H groups in total. The van der Waals surface area contributed by atoms with Crippen molar-refractivity contribution in [3.63, 3.8) is 0 Å². The zero-order valence-corrected chi connectivity index (χ0v) is 18.5. The molecule has 3 aromatic rings. The van der Waals surface area contributed by atoms with E-state index in [1.165, 1.54) is 7.11 Å². The van der Waals surface area contributed by atoms with E-state index < -0.39 is 23.7 Å². The van der Waals surface area contributed by atoms with Crippen molar-refractivity contribution in [3.8, 4) is 0 Å². The number of fused-ring (bicyclic) bond motifs is 1. The summed E-state index contributed by atoms with van der Waals surface area (Å²) in [5.74, 6) is -1.76. The molecule has 8 heteroatoms. The lowest BCUT2D eigenvalue weighted by molar-refractivity contribution is 0.0598. The minimum Gasteiger partial charge on any atom is -0.465 e. The first-order chi connectivity index (χ1) is 15.9. The van der Waals surface area contributed by atoms with Gasteiger partial charge in [0.1, 0.15) is 5.69 Å². The summed E-state index contributed by atoms with van der Waals surface area (Å²) in [6, 6.07) is 13.2. The van der Waals surface area contributed by atoms with E-state index in [0.717, 1.165) is 11.3 Å². The number of methoxy groups -OCH3 is 1. The quantitative estimate of drug-likeness (QED) is 0.438. The van der Waals surface area contributed by atoms with Crippen molar-refractivity contribution in [2.24, 2.45) is 0 Å². The van der Waals surface area contributed by atoms with Crippen molar-refractivity contribution in [1.29, 1.82) is 0 Å². The second-order valence-corrected chi connectivity index (χ2v) is 7.72. The number of benzene rings is 2. The highest BCUT2D eigenvalue weighted by Gasteiger charge is 2.36. The van der Waals surface area contributed by atoms with Gasteiger partial charge in [-0.2, -0.15) is 0 Å². The lowest BCUT2D eigenvalue weighted by Gasteiger charge is -2.15. The van der Waals surface area contributed by atoms with Crippen LogP contribution in [0.15, 0.2) is 48.5 Å². The fraction of sp³-hybridized carbons (Fsp3) is 0.200. The molecule has 2 heterocycles. The summed E-state index contributed by atoms with van der Waals surface area (Å²) in [4.78, 5) is 55.0. The molecule has 0 radical (unpaired) electrons. The number of imide groups is 1. The molecule has 0 saturated carbocycles. The number of aromatic nitrogens is 1. The molecule has 1 aliphatic rings. The Morgan fingerprint density at radius 3 is 2.30 bits per heavy atom. The minimum atomic E-state index is -0.501. The van der Waals surface area contributed by atoms with Gasteiger partial charge in [-0.15, -0.1) is 0 Å². The van der Waals surface area contributed by atoms with Crippen LogP contribution in [0.25, 0.3) is 0 Å². The fourth-order valence-corrected chi connectivity index (χ4v) is 4.09. The monoisotopic (exact) mass is 445 g/mol. The molecule has 0 spiro atoms. The molecule has 0 saturated heterocycles. The topological polar surface area (TPSA) is 109 Å². The zero-order valence-electron chi connectivity index (χ0n) is 18.5. The molecule has 3 amide bonds. The average Bonchev–Trinajstić information content (AvgIpc) is 3.27. The number of hydrogen-bond donors (Lipinski definition) is 2. The summed E-state index contributed by atoms with van der Waals surface area (Å²) >= 11 is 0. The van der Waals surface area contributed by atoms with Crippen molar-refractivity contribution in [2.45, 2.75) is 26.7 Å². The van der Waals surface area contributed by atoms with Gasteiger partial charge in [-0.3, -0.25) is 14.4 Å². The van der Waals surface area contributed by atoms with Crippen LogP contribution in [0.3, 0.4) is 0 Å². The van der Waals surface area contributed by atoms with Crippen LogP contribution in [-0.2, 0) is 11.2 Å². The van der Waals surface area contributed by atoms with Crippen LogP contribution in [0.5, 0.6) is 0 Å². The molecule has 0 atom stereocenters. The molecule has 168 valence electrons. The number of carbonyl (C=O) groups excluding carboxylic acids is 4. The Balaban J connectivity index is 1.63. The van der Waals surface area contributed by atoms with E-state index in [1.807, 2.05) is 6.92 Å². The largest absolute Gasteiger partial charge is 0.465 e. The number of aryl methyl sites for hydroxylation is 1. The van der Waals surface area contributed by atoms with Crippen LogP contribution in [0, 0.1) is 6.92 Å². The second-order valence-electron chi connectivity index (χ2n) is 7.72. The first-order valence-electron chi connectivity index (χ1n) is 10.6. The zero-order chi connectivity index (χ0) is 23.7. The van der Waals surface area contributed by atoms with Gasteiger partial charge in [0.2, 0.25) is 0 Å². The number of rotatable bonds is 6. The molecular weight excluding hydrogens is 422 g/mol. The summed E-state index contributed by atoms with van der Waals surface area (Å²) in [6.45, 7) is 3.67. The van der Waals surface area contributed by atoms with Crippen molar-refractivity contribution in [1.82, 2.24) is 4.98 Å². The van der Waals surface area contributed by atoms with E-state index in [9.17, 15) is 19.2 Å². The third kappa shape index (κ3) is 3.80. The van der Waals surface area contributed by atoms with E-state index in [2.05, 4.69) is 10.3 Å². The number of nitrogens with one attached hydrogen (secondary N) is 2. The van der Waals surface area contributed by atoms with E-state index in [-0.39, 0.29) is 5.69 Å². The number of amides is 3. The van der Waals surface area contributed by atoms with Crippen molar-refractivity contribution in [3.05, 3.63) is 82.2 Å². The van der Waals surface area contributed by atoms with E-state index in [1.54, 1.807) is 55.5 Å². The first-order valence-corrected chi connectivity index (χ1v) is 10.6. The summed E-state index contributed by atoms with van der Waals surface area (Å²) in [5.41, 5.74) is 3.24. The van der Waals surface area contributed by atoms with Gasteiger partial charge in [0.25, 0.3) is 17.7 Å². The lowest BCUT2D eigenvalue weighted by atomic mass is 10.0. The summed E-state index contributed by atoms with van der Waals surface area (Å²) in [6.07, 6.45) is 1.25. The smallest absolute Gasteiger partial charge is 0.339 e. The standard InChI is InChI=1S/C25H23N3O5/c1-4-8-19-20(25(32)33-3)14(2)26-21(19)22(29)27-15-9-7-10-16(13-15)28-23(30)17-11-5-6-12-18(17)24(28)31/h5-7,9-13,26H,4,8H2,1-3H3,(H,27,29). The summed E-state index contributed by atoms with van der Waals surface area (Å²) in [7, 11) is 1.30. The number of esters is 1. The van der Waals surface area contributed by atoms with E-state index in [4.69, 9.17) is 4.74 Å². The van der Waals surface area contributed by atoms with Gasteiger partial charge in [-0.25, -0.2) is 9.69 Å². The highest BCUT2D eigenvalue weighted by atomic mass is 16.5. The molecular formula is C25H23N3O5. The molecule has 0 aliphatic carbocycles. The third-order valence-electron chi connectivity index (χ3n) is 5.56. The van der Waals surface area contributed by atoms with Gasteiger partial charge in [0.15, 0.2) is 0 Å². The van der Waals surface area contributed by atoms with E-state index >= 15 is 0 Å². The molecule has 0 unspecified atom stereocenters. The Morgan fingerprint density at radius 1 is 1.03 bits per heavy atom. The van der Waals surface area contributed by atoms with Gasteiger partial charge in [0.05, 0.1) is 29.5 Å². The maximum absolute atomic E-state index is 13.1. The van der Waals surface area contributed by atoms with Crippen LogP contribution in [-0.4, -0.2) is 35.8 Å². The molecule has 8 nitrogen and oxygen atoms in total. The van der Waals surface area contributed by atoms with Gasteiger partial charge in [-0.05, 0) is 49.2 Å². The maximum atomic E-state index is 13.1. The number of anilines is 2. The Hall–Kier alpha value is -4.20. The number of nitrogens with zero attached hydrogens (tertiary/aromatic N) is 1. The van der Waals surface area contributed by atoms with Gasteiger partial charge in [0, 0.05) is 11.4 Å². The van der Waals surface area contributed by atoms with Gasteiger partial charge in [-0.1, -0.05) is 31.5 Å². The lowest BCUT2D eigenvalue weighted by Crippen LogP contribution is -2.29. The van der Waals surface area contributed by atoms with E-state index in [0.29, 0.717) is 45.7 Å². The van der Waals surface area contributed by atoms with Crippen molar-refractivity contribution < 1.29 is 23.9 Å². The normalized spacial score (nSPS) is 12.6. The Kier molecular flexibility index (Phi) is 5.83. The maximum Gasteiger partial charge on any atom is 0.339 e. The first kappa shape index (κ1) is 22.0. The summed E-state index contributed by atoms with van der Waals surface area (Å²) < 4.78 is 4.87. The predicted molar refractivity (Wildman–Crippen MR) is 123 cm³/mol. The summed E-state index contributed by atoms with van der Waals surface area (Å²) in [5, 5.41) is 2.80. The SMILES string of the molecule is CCCc1c(C(=O)Nc2cccc(N3C(=O)c4ccccc4C3=O)c2)[nH]c(C)c1C(=O)OC. The van der Waals surface area contributed by atoms with Crippen LogP contribution < -0.4 is 10.2 Å². The highest BCUT2D eigenvalue weighted by molar-refractivity contribution is 6.34. The predicted octanol–water partition coefficient (Wildman–Crippen LogP) is 4.12. The molecule has 1 aromatic heterocycles. The van der Waals surface area contributed by atoms with Crippen LogP contribution in [0.2, 0.25) is 0 Å². The van der Waals surface area contributed by atoms with Crippen molar-refractivity contribution in [2.75, 3.05) is 17.3 Å². The van der Waals surface area contributed by atoms with Gasteiger partial charge < -0.3 is 15.0 Å². The average molecular weight is 445 g/mol. The van der Waals surface area contributed by atoms with Crippen LogP contribution in [0.4, 0.5) is 11.4 Å². The molecule has 0 bridgehead atoms. The van der Waals surface area contributed by atoms with Crippen LogP contribution in [0.1, 0.15) is 66.2 Å². The van der Waals surface area contributed by atoms with Crippen molar-refractivity contribution >= 4 is 35.1 Å². The van der Waals surface area contributed by atoms with Gasteiger partial charge >= 0.3 is 5.97 Å². The fourth-order valence-electron chi connectivity index (χ4n) is 4.09. The number of hydrogen-bond acceptors (Lipinski definition) is 5. The second kappa shape index (κ2) is 8.74. The molecule has 1 aliphatic heterocycles. The molecule has 2 aromatic carbocycles. The number of carbonyl (C=O) groups is 4. The third-order valence-corrected chi connectivity index (χ3v) is 5.56. The molecule has 4 rings (SSSR count).